The standard InChI is InChI=1S/C13H10BrClO/c1-16-13-10(6-4-7-11(13)14)9-5-2-3-8-12(9)15/h2-8H,1H3. The number of halogens is 2. The maximum absolute atomic E-state index is 6.17. The van der Waals surface area contributed by atoms with E-state index in [9.17, 15) is 0 Å². The Kier molecular flexibility index (Phi) is 3.52. The summed E-state index contributed by atoms with van der Waals surface area (Å²) in [4.78, 5) is 0. The Morgan fingerprint density at radius 3 is 2.38 bits per heavy atom. The summed E-state index contributed by atoms with van der Waals surface area (Å²) in [6, 6.07) is 13.6. The summed E-state index contributed by atoms with van der Waals surface area (Å²) in [5.41, 5.74) is 1.96. The number of methoxy groups -OCH3 is 1. The smallest absolute Gasteiger partial charge is 0.140 e. The van der Waals surface area contributed by atoms with Crippen molar-refractivity contribution >= 4 is 27.5 Å². The van der Waals surface area contributed by atoms with Crippen molar-refractivity contribution in [3.8, 4) is 16.9 Å². The van der Waals surface area contributed by atoms with Crippen LogP contribution in [0.5, 0.6) is 5.75 Å². The molecule has 0 atom stereocenters. The minimum atomic E-state index is 0.721. The third-order valence-corrected chi connectivity index (χ3v) is 3.29. The first-order chi connectivity index (χ1) is 7.74. The maximum Gasteiger partial charge on any atom is 0.140 e. The van der Waals surface area contributed by atoms with Gasteiger partial charge in [-0.1, -0.05) is 41.9 Å². The van der Waals surface area contributed by atoms with Gasteiger partial charge < -0.3 is 4.74 Å². The first-order valence-corrected chi connectivity index (χ1v) is 5.98. The van der Waals surface area contributed by atoms with Crippen LogP contribution in [0.25, 0.3) is 11.1 Å². The molecule has 0 fully saturated rings. The summed E-state index contributed by atoms with van der Waals surface area (Å²) in [5, 5.41) is 0.721. The van der Waals surface area contributed by atoms with Crippen LogP contribution < -0.4 is 4.74 Å². The molecule has 0 aliphatic heterocycles. The van der Waals surface area contributed by atoms with Crippen LogP contribution in [-0.2, 0) is 0 Å². The monoisotopic (exact) mass is 296 g/mol. The van der Waals surface area contributed by atoms with Crippen LogP contribution >= 0.6 is 27.5 Å². The molecule has 82 valence electrons. The molecule has 2 aromatic rings. The Bertz CT molecular complexity index is 511. The van der Waals surface area contributed by atoms with Gasteiger partial charge in [-0.3, -0.25) is 0 Å². The van der Waals surface area contributed by atoms with Gasteiger partial charge in [0.15, 0.2) is 0 Å². The first-order valence-electron chi connectivity index (χ1n) is 4.81. The zero-order valence-electron chi connectivity index (χ0n) is 8.71. The molecule has 0 saturated heterocycles. The van der Waals surface area contributed by atoms with Gasteiger partial charge >= 0.3 is 0 Å². The molecule has 0 bridgehead atoms. The number of benzene rings is 2. The van der Waals surface area contributed by atoms with Gasteiger partial charge in [-0.05, 0) is 28.1 Å². The summed E-state index contributed by atoms with van der Waals surface area (Å²) < 4.78 is 6.30. The molecule has 0 radical (unpaired) electrons. The van der Waals surface area contributed by atoms with Crippen LogP contribution in [0.2, 0.25) is 5.02 Å². The van der Waals surface area contributed by atoms with E-state index in [-0.39, 0.29) is 0 Å². The topological polar surface area (TPSA) is 9.23 Å². The zero-order chi connectivity index (χ0) is 11.5. The van der Waals surface area contributed by atoms with E-state index in [1.165, 1.54) is 0 Å². The van der Waals surface area contributed by atoms with E-state index in [4.69, 9.17) is 16.3 Å². The van der Waals surface area contributed by atoms with Crippen molar-refractivity contribution in [3.63, 3.8) is 0 Å². The largest absolute Gasteiger partial charge is 0.495 e. The van der Waals surface area contributed by atoms with Gasteiger partial charge in [-0.2, -0.15) is 0 Å². The highest BCUT2D eigenvalue weighted by atomic mass is 79.9. The third kappa shape index (κ3) is 2.08. The molecule has 3 heteroatoms. The zero-order valence-corrected chi connectivity index (χ0v) is 11.0. The van der Waals surface area contributed by atoms with Gasteiger partial charge in [-0.15, -0.1) is 0 Å². The van der Waals surface area contributed by atoms with E-state index in [0.717, 1.165) is 26.4 Å². The molecule has 0 N–H and O–H groups in total. The molecule has 0 heterocycles. The lowest BCUT2D eigenvalue weighted by Crippen LogP contribution is -1.89. The minimum absolute atomic E-state index is 0.721. The van der Waals surface area contributed by atoms with E-state index in [1.54, 1.807) is 7.11 Å². The van der Waals surface area contributed by atoms with Crippen LogP contribution in [0.15, 0.2) is 46.9 Å². The van der Waals surface area contributed by atoms with E-state index < -0.39 is 0 Å². The summed E-state index contributed by atoms with van der Waals surface area (Å²) >= 11 is 9.63. The molecule has 0 amide bonds. The molecule has 0 saturated carbocycles. The second kappa shape index (κ2) is 4.89. The maximum atomic E-state index is 6.17. The summed E-state index contributed by atoms with van der Waals surface area (Å²) in [6.07, 6.45) is 0. The van der Waals surface area contributed by atoms with Crippen molar-refractivity contribution in [2.75, 3.05) is 7.11 Å². The van der Waals surface area contributed by atoms with Crippen molar-refractivity contribution in [1.29, 1.82) is 0 Å². The number of rotatable bonds is 2. The second-order valence-corrected chi connectivity index (χ2v) is 4.56. The predicted molar refractivity (Wildman–Crippen MR) is 71.1 cm³/mol. The molecular weight excluding hydrogens is 287 g/mol. The predicted octanol–water partition coefficient (Wildman–Crippen LogP) is 4.78. The quantitative estimate of drug-likeness (QED) is 0.775. The van der Waals surface area contributed by atoms with Crippen molar-refractivity contribution in [2.24, 2.45) is 0 Å². The number of hydrogen-bond acceptors (Lipinski definition) is 1. The lowest BCUT2D eigenvalue weighted by molar-refractivity contribution is 0.414. The lowest BCUT2D eigenvalue weighted by Gasteiger charge is -2.11. The first kappa shape index (κ1) is 11.5. The van der Waals surface area contributed by atoms with Crippen LogP contribution in [0.1, 0.15) is 0 Å². The van der Waals surface area contributed by atoms with E-state index in [1.807, 2.05) is 42.5 Å². The molecule has 0 aliphatic carbocycles. The number of para-hydroxylation sites is 1. The van der Waals surface area contributed by atoms with Gasteiger partial charge in [0.1, 0.15) is 5.75 Å². The SMILES string of the molecule is COc1c(Br)cccc1-c1ccccc1Cl. The summed E-state index contributed by atoms with van der Waals surface area (Å²) in [5.74, 6) is 0.801. The van der Waals surface area contributed by atoms with E-state index >= 15 is 0 Å². The van der Waals surface area contributed by atoms with Crippen molar-refractivity contribution in [1.82, 2.24) is 0 Å². The Hall–Kier alpha value is -0.990. The average Bonchev–Trinajstić information content (AvgIpc) is 2.29. The molecule has 1 nitrogen and oxygen atoms in total. The van der Waals surface area contributed by atoms with Crippen LogP contribution in [-0.4, -0.2) is 7.11 Å². The normalized spacial score (nSPS) is 10.2. The highest BCUT2D eigenvalue weighted by Gasteiger charge is 2.10. The number of ether oxygens (including phenoxy) is 1. The van der Waals surface area contributed by atoms with Gasteiger partial charge in [-0.25, -0.2) is 0 Å². The molecular formula is C13H10BrClO. The third-order valence-electron chi connectivity index (χ3n) is 2.34. The number of hydrogen-bond donors (Lipinski definition) is 0. The Morgan fingerprint density at radius 1 is 1.00 bits per heavy atom. The average molecular weight is 298 g/mol. The van der Waals surface area contributed by atoms with Crippen LogP contribution in [0, 0.1) is 0 Å². The Balaban J connectivity index is 2.65. The molecule has 0 aliphatic rings. The highest BCUT2D eigenvalue weighted by Crippen LogP contribution is 2.38. The molecule has 2 rings (SSSR count). The molecule has 2 aromatic carbocycles. The summed E-state index contributed by atoms with van der Waals surface area (Å²) in [7, 11) is 1.65. The molecule has 0 aromatic heterocycles. The fraction of sp³-hybridized carbons (Fsp3) is 0.0769. The fourth-order valence-corrected chi connectivity index (χ4v) is 2.37. The van der Waals surface area contributed by atoms with Gasteiger partial charge in [0.25, 0.3) is 0 Å². The van der Waals surface area contributed by atoms with Crippen molar-refractivity contribution in [3.05, 3.63) is 52.0 Å². The van der Waals surface area contributed by atoms with Crippen LogP contribution in [0.4, 0.5) is 0 Å². The highest BCUT2D eigenvalue weighted by molar-refractivity contribution is 9.10. The van der Waals surface area contributed by atoms with Crippen LogP contribution in [0.3, 0.4) is 0 Å². The Morgan fingerprint density at radius 2 is 1.69 bits per heavy atom. The van der Waals surface area contributed by atoms with Gasteiger partial charge in [0, 0.05) is 16.1 Å². The fourth-order valence-electron chi connectivity index (χ4n) is 1.61. The van der Waals surface area contributed by atoms with E-state index in [0.29, 0.717) is 0 Å². The summed E-state index contributed by atoms with van der Waals surface area (Å²) in [6.45, 7) is 0. The van der Waals surface area contributed by atoms with Crippen molar-refractivity contribution in [2.45, 2.75) is 0 Å². The van der Waals surface area contributed by atoms with Gasteiger partial charge in [0.2, 0.25) is 0 Å². The second-order valence-electron chi connectivity index (χ2n) is 3.30. The van der Waals surface area contributed by atoms with Crippen molar-refractivity contribution < 1.29 is 4.74 Å². The van der Waals surface area contributed by atoms with Gasteiger partial charge in [0.05, 0.1) is 11.6 Å². The minimum Gasteiger partial charge on any atom is -0.495 e. The lowest BCUT2D eigenvalue weighted by atomic mass is 10.0. The molecule has 16 heavy (non-hydrogen) atoms. The Labute approximate surface area is 108 Å². The van der Waals surface area contributed by atoms with E-state index in [2.05, 4.69) is 15.9 Å². The molecule has 0 unspecified atom stereocenters. The molecule has 0 spiro atoms.